The van der Waals surface area contributed by atoms with Gasteiger partial charge in [-0.05, 0) is 12.8 Å². The first-order valence-corrected chi connectivity index (χ1v) is 6.11. The summed E-state index contributed by atoms with van der Waals surface area (Å²) >= 11 is 0. The summed E-state index contributed by atoms with van der Waals surface area (Å²) in [5, 5.41) is 16.3. The fourth-order valence-electron chi connectivity index (χ4n) is 1.57. The van der Waals surface area contributed by atoms with Gasteiger partial charge in [-0.3, -0.25) is 4.90 Å². The average Bonchev–Trinajstić information content (AvgIpc) is 2.02. The van der Waals surface area contributed by atoms with Crippen LogP contribution in [0.15, 0.2) is 0 Å². The van der Waals surface area contributed by atoms with Crippen LogP contribution in [0.25, 0.3) is 0 Å². The molecule has 1 amide bonds. The van der Waals surface area contributed by atoms with E-state index in [1.807, 2.05) is 0 Å². The van der Waals surface area contributed by atoms with Gasteiger partial charge in [-0.2, -0.15) is 0 Å². The van der Waals surface area contributed by atoms with Gasteiger partial charge in [0, 0.05) is 19.2 Å². The van der Waals surface area contributed by atoms with Gasteiger partial charge in [0.2, 0.25) is 5.06 Å². The van der Waals surface area contributed by atoms with Crippen molar-refractivity contribution in [3.8, 4) is 0 Å². The molecule has 1 aliphatic rings. The highest BCUT2D eigenvalue weighted by atomic mass is 32.2. The third-order valence-electron chi connectivity index (χ3n) is 2.38. The molecule has 1 heterocycles. The van der Waals surface area contributed by atoms with Gasteiger partial charge in [-0.25, -0.2) is 13.2 Å². The lowest BCUT2D eigenvalue weighted by molar-refractivity contribution is -0.0476. The van der Waals surface area contributed by atoms with Gasteiger partial charge in [0.25, 0.3) is 0 Å². The zero-order chi connectivity index (χ0) is 11.0. The minimum Gasteiger partial charge on any atom is -0.465 e. The van der Waals surface area contributed by atoms with Crippen molar-refractivity contribution < 1.29 is 23.4 Å². The smallest absolute Gasteiger partial charge is 0.410 e. The van der Waals surface area contributed by atoms with E-state index in [0.717, 1.165) is 6.26 Å². The number of piperidine rings is 1. The number of likely N-dealkylation sites (tertiary alicyclic amines) is 1. The Morgan fingerprint density at radius 2 is 2.00 bits per heavy atom. The number of hydrogen-bond donors (Lipinski definition) is 2. The molecule has 1 aliphatic heterocycles. The fraction of sp³-hybridized carbons (Fsp3) is 0.857. The van der Waals surface area contributed by atoms with E-state index < -0.39 is 21.0 Å². The lowest BCUT2D eigenvalue weighted by Gasteiger charge is -2.39. The van der Waals surface area contributed by atoms with Gasteiger partial charge in [0.1, 0.15) is 0 Å². The molecule has 0 aromatic carbocycles. The van der Waals surface area contributed by atoms with Gasteiger partial charge in [0.05, 0.1) is 0 Å². The molecule has 2 N–H and O–H groups in total. The van der Waals surface area contributed by atoms with Crippen LogP contribution in [-0.2, 0) is 9.84 Å². The van der Waals surface area contributed by atoms with Crippen molar-refractivity contribution in [2.24, 2.45) is 0 Å². The van der Waals surface area contributed by atoms with E-state index in [2.05, 4.69) is 0 Å². The van der Waals surface area contributed by atoms with Crippen LogP contribution in [0.5, 0.6) is 0 Å². The summed E-state index contributed by atoms with van der Waals surface area (Å²) in [6, 6.07) is 0. The van der Waals surface area contributed by atoms with Crippen molar-refractivity contribution in [2.75, 3.05) is 12.8 Å². The van der Waals surface area contributed by atoms with E-state index >= 15 is 0 Å². The molecule has 1 unspecified atom stereocenters. The van der Waals surface area contributed by atoms with E-state index in [1.165, 1.54) is 0 Å². The van der Waals surface area contributed by atoms with E-state index in [4.69, 9.17) is 5.11 Å². The summed E-state index contributed by atoms with van der Waals surface area (Å²) in [5.74, 6) is 0. The Bertz CT molecular complexity index is 338. The molecule has 0 aromatic heterocycles. The third-order valence-corrected chi connectivity index (χ3v) is 3.99. The van der Waals surface area contributed by atoms with Crippen molar-refractivity contribution in [2.45, 2.75) is 24.3 Å². The number of rotatable bonds is 1. The van der Waals surface area contributed by atoms with Crippen LogP contribution in [0.1, 0.15) is 19.3 Å². The highest BCUT2D eigenvalue weighted by molar-refractivity contribution is 7.91. The zero-order valence-corrected chi connectivity index (χ0v) is 8.62. The maximum atomic E-state index is 11.3. The average molecular weight is 223 g/mol. The zero-order valence-electron chi connectivity index (χ0n) is 7.80. The molecule has 0 spiro atoms. The number of amides is 1. The third kappa shape index (κ3) is 1.69. The molecule has 1 rings (SSSR count). The van der Waals surface area contributed by atoms with Crippen molar-refractivity contribution in [1.82, 2.24) is 4.90 Å². The molecule has 1 atom stereocenters. The summed E-state index contributed by atoms with van der Waals surface area (Å²) in [5.41, 5.74) is 0. The molecule has 6 nitrogen and oxygen atoms in total. The molecule has 0 saturated carbocycles. The fourth-order valence-corrected chi connectivity index (χ4v) is 2.65. The number of hydrogen-bond acceptors (Lipinski definition) is 4. The van der Waals surface area contributed by atoms with Crippen molar-refractivity contribution >= 4 is 15.9 Å². The van der Waals surface area contributed by atoms with Crippen molar-refractivity contribution in [3.63, 3.8) is 0 Å². The first kappa shape index (κ1) is 11.3. The lowest BCUT2D eigenvalue weighted by atomic mass is 10.1. The number of carbonyl (C=O) groups is 1. The molecule has 14 heavy (non-hydrogen) atoms. The Kier molecular flexibility index (Phi) is 2.73. The van der Waals surface area contributed by atoms with Crippen LogP contribution in [0.4, 0.5) is 4.79 Å². The molecular formula is C7H13NO5S. The molecule has 1 fully saturated rings. The molecule has 0 aliphatic carbocycles. The second-order valence-corrected chi connectivity index (χ2v) is 5.60. The quantitative estimate of drug-likeness (QED) is 0.644. The predicted octanol–water partition coefficient (Wildman–Crippen LogP) is -0.159. The highest BCUT2D eigenvalue weighted by Gasteiger charge is 2.48. The van der Waals surface area contributed by atoms with Gasteiger partial charge in [-0.1, -0.05) is 0 Å². The molecule has 1 saturated heterocycles. The Balaban J connectivity index is 3.09. The SMILES string of the molecule is CS(=O)(=O)C1(O)CCCCN1C(=O)O. The van der Waals surface area contributed by atoms with Crippen LogP contribution in [0, 0.1) is 0 Å². The molecular weight excluding hydrogens is 210 g/mol. The van der Waals surface area contributed by atoms with Crippen molar-refractivity contribution in [3.05, 3.63) is 0 Å². The van der Waals surface area contributed by atoms with Crippen LogP contribution in [-0.4, -0.2) is 47.5 Å². The van der Waals surface area contributed by atoms with Gasteiger partial charge in [-0.15, -0.1) is 0 Å². The Labute approximate surface area is 82.1 Å². The van der Waals surface area contributed by atoms with E-state index in [0.29, 0.717) is 17.7 Å². The molecule has 82 valence electrons. The van der Waals surface area contributed by atoms with Crippen LogP contribution >= 0.6 is 0 Å². The van der Waals surface area contributed by atoms with E-state index in [-0.39, 0.29) is 13.0 Å². The first-order valence-electron chi connectivity index (χ1n) is 4.21. The summed E-state index contributed by atoms with van der Waals surface area (Å²) in [4.78, 5) is 11.3. The minimum absolute atomic E-state index is 0.0545. The highest BCUT2D eigenvalue weighted by Crippen LogP contribution is 2.30. The molecule has 0 aromatic rings. The number of sulfone groups is 1. The maximum Gasteiger partial charge on any atom is 0.410 e. The Morgan fingerprint density at radius 3 is 2.36 bits per heavy atom. The molecule has 0 bridgehead atoms. The standard InChI is InChI=1S/C7H13NO5S/c1-14(12,13)7(11)4-2-3-5-8(7)6(9)10/h11H,2-5H2,1H3,(H,9,10). The Morgan fingerprint density at radius 1 is 1.43 bits per heavy atom. The van der Waals surface area contributed by atoms with Crippen LogP contribution in [0.2, 0.25) is 0 Å². The summed E-state index contributed by atoms with van der Waals surface area (Å²) in [6.45, 7) is 0.0545. The maximum absolute atomic E-state index is 11.3. The Hall–Kier alpha value is -0.820. The van der Waals surface area contributed by atoms with E-state index in [9.17, 15) is 18.3 Å². The van der Waals surface area contributed by atoms with Gasteiger partial charge < -0.3 is 10.2 Å². The minimum atomic E-state index is -3.82. The number of aliphatic hydroxyl groups is 1. The number of nitrogens with zero attached hydrogens (tertiary/aromatic N) is 1. The molecule has 0 radical (unpaired) electrons. The second kappa shape index (κ2) is 3.39. The summed E-state index contributed by atoms with van der Waals surface area (Å²) in [6.07, 6.45) is 0.460. The van der Waals surface area contributed by atoms with Crippen LogP contribution in [0.3, 0.4) is 0 Å². The second-order valence-electron chi connectivity index (χ2n) is 3.41. The van der Waals surface area contributed by atoms with E-state index in [1.54, 1.807) is 0 Å². The first-order chi connectivity index (χ1) is 6.29. The monoisotopic (exact) mass is 223 g/mol. The van der Waals surface area contributed by atoms with Gasteiger partial charge >= 0.3 is 6.09 Å². The lowest BCUT2D eigenvalue weighted by Crippen LogP contribution is -2.58. The topological polar surface area (TPSA) is 94.9 Å². The van der Waals surface area contributed by atoms with Gasteiger partial charge in [0.15, 0.2) is 9.84 Å². The van der Waals surface area contributed by atoms with Crippen LogP contribution < -0.4 is 0 Å². The van der Waals surface area contributed by atoms with Crippen molar-refractivity contribution in [1.29, 1.82) is 0 Å². The summed E-state index contributed by atoms with van der Waals surface area (Å²) < 4.78 is 22.5. The predicted molar refractivity (Wildman–Crippen MR) is 48.4 cm³/mol. The largest absolute Gasteiger partial charge is 0.465 e. The summed E-state index contributed by atoms with van der Waals surface area (Å²) in [7, 11) is -3.82. The normalized spacial score (nSPS) is 28.9. The molecule has 7 heteroatoms. The number of carboxylic acid groups (broad SMARTS) is 1.